The molecule has 7 heteroatoms. The van der Waals surface area contributed by atoms with Gasteiger partial charge < -0.3 is 5.32 Å². The fraction of sp³-hybridized carbons (Fsp3) is 0.409. The largest absolute Gasteiger partial charge is 0.324 e. The van der Waals surface area contributed by atoms with Crippen molar-refractivity contribution in [2.75, 3.05) is 18.4 Å². The van der Waals surface area contributed by atoms with E-state index in [1.54, 1.807) is 0 Å². The average Bonchev–Trinajstić information content (AvgIpc) is 2.98. The topological polar surface area (TPSA) is 67.2 Å². The van der Waals surface area contributed by atoms with E-state index >= 15 is 0 Å². The van der Waals surface area contributed by atoms with Crippen LogP contribution in [0.15, 0.2) is 29.1 Å². The quantitative estimate of drug-likeness (QED) is 0.640. The van der Waals surface area contributed by atoms with Gasteiger partial charge in [0.05, 0.1) is 11.9 Å². The summed E-state index contributed by atoms with van der Waals surface area (Å²) < 4.78 is 1.54. The zero-order valence-corrected chi connectivity index (χ0v) is 18.5. The molecule has 3 rings (SSSR count). The van der Waals surface area contributed by atoms with Crippen molar-refractivity contribution < 1.29 is 4.79 Å². The molecule has 0 saturated heterocycles. The number of rotatable bonds is 7. The highest BCUT2D eigenvalue weighted by Crippen LogP contribution is 2.26. The van der Waals surface area contributed by atoms with Crippen molar-refractivity contribution in [3.63, 3.8) is 0 Å². The Morgan fingerprint density at radius 2 is 1.86 bits per heavy atom. The molecule has 1 N–H and O–H groups in total. The number of hydrogen-bond acceptors (Lipinski definition) is 5. The first-order valence-corrected chi connectivity index (χ1v) is 10.7. The van der Waals surface area contributed by atoms with Crippen LogP contribution in [0.2, 0.25) is 0 Å². The summed E-state index contributed by atoms with van der Waals surface area (Å²) in [4.78, 5) is 34.9. The number of thiophene rings is 1. The smallest absolute Gasteiger partial charge is 0.263 e. The molecular weight excluding hydrogens is 384 g/mol. The van der Waals surface area contributed by atoms with Gasteiger partial charge in [-0.15, -0.1) is 11.3 Å². The molecule has 0 bridgehead atoms. The SMILES string of the molecule is CCN(CC)Cc1nc2sc(C)c(C)c2c(=O)n1CC(=O)Nc1ccccc1C. The van der Waals surface area contributed by atoms with Crippen LogP contribution in [-0.4, -0.2) is 33.4 Å². The molecule has 0 aliphatic heterocycles. The van der Waals surface area contributed by atoms with E-state index < -0.39 is 0 Å². The first-order chi connectivity index (χ1) is 13.8. The zero-order chi connectivity index (χ0) is 21.1. The Labute approximate surface area is 175 Å². The van der Waals surface area contributed by atoms with Gasteiger partial charge in [0.2, 0.25) is 5.91 Å². The lowest BCUT2D eigenvalue weighted by atomic mass is 10.2. The minimum atomic E-state index is -0.229. The number of fused-ring (bicyclic) bond motifs is 1. The van der Waals surface area contributed by atoms with E-state index in [2.05, 4.69) is 24.1 Å². The highest BCUT2D eigenvalue weighted by Gasteiger charge is 2.19. The molecule has 0 radical (unpaired) electrons. The van der Waals surface area contributed by atoms with Gasteiger partial charge in [-0.1, -0.05) is 32.0 Å². The second-order valence-corrected chi connectivity index (χ2v) is 8.41. The minimum absolute atomic E-state index is 0.0545. The van der Waals surface area contributed by atoms with E-state index in [1.165, 1.54) is 15.9 Å². The molecule has 0 aliphatic rings. The van der Waals surface area contributed by atoms with Gasteiger partial charge in [0, 0.05) is 10.6 Å². The number of carbonyl (C=O) groups excluding carboxylic acids is 1. The third-order valence-electron chi connectivity index (χ3n) is 5.35. The Balaban J connectivity index is 2.02. The van der Waals surface area contributed by atoms with Crippen LogP contribution in [0.4, 0.5) is 5.69 Å². The van der Waals surface area contributed by atoms with Crippen molar-refractivity contribution in [2.24, 2.45) is 0 Å². The van der Waals surface area contributed by atoms with Crippen LogP contribution < -0.4 is 10.9 Å². The van der Waals surface area contributed by atoms with E-state index in [9.17, 15) is 9.59 Å². The van der Waals surface area contributed by atoms with Crippen molar-refractivity contribution in [3.8, 4) is 0 Å². The standard InChI is InChI=1S/C22H28N4O2S/c1-6-25(7-2)12-18-24-21-20(15(4)16(5)29-21)22(28)26(18)13-19(27)23-17-11-9-8-10-14(17)3/h8-11H,6-7,12-13H2,1-5H3,(H,23,27). The first-order valence-electron chi connectivity index (χ1n) is 9.92. The Bertz CT molecular complexity index is 1100. The molecule has 29 heavy (non-hydrogen) atoms. The Hall–Kier alpha value is -2.51. The third kappa shape index (κ3) is 4.41. The Kier molecular flexibility index (Phi) is 6.49. The molecule has 3 aromatic rings. The van der Waals surface area contributed by atoms with E-state index in [1.807, 2.05) is 45.0 Å². The second-order valence-electron chi connectivity index (χ2n) is 7.21. The first kappa shape index (κ1) is 21.2. The van der Waals surface area contributed by atoms with Gasteiger partial charge >= 0.3 is 0 Å². The number of hydrogen-bond donors (Lipinski definition) is 1. The van der Waals surface area contributed by atoms with Crippen LogP contribution >= 0.6 is 11.3 Å². The summed E-state index contributed by atoms with van der Waals surface area (Å²) in [5.41, 5.74) is 2.55. The van der Waals surface area contributed by atoms with Crippen molar-refractivity contribution in [2.45, 2.75) is 47.7 Å². The lowest BCUT2D eigenvalue weighted by Crippen LogP contribution is -2.34. The maximum atomic E-state index is 13.3. The number of carbonyl (C=O) groups is 1. The van der Waals surface area contributed by atoms with Crippen LogP contribution in [0.3, 0.4) is 0 Å². The molecule has 0 unspecified atom stereocenters. The van der Waals surface area contributed by atoms with Gasteiger partial charge in [-0.05, 0) is 51.1 Å². The van der Waals surface area contributed by atoms with Gasteiger partial charge in [-0.3, -0.25) is 19.1 Å². The maximum Gasteiger partial charge on any atom is 0.263 e. The lowest BCUT2D eigenvalue weighted by molar-refractivity contribution is -0.116. The van der Waals surface area contributed by atoms with E-state index in [0.29, 0.717) is 17.8 Å². The van der Waals surface area contributed by atoms with E-state index in [0.717, 1.165) is 39.6 Å². The molecule has 0 fully saturated rings. The fourth-order valence-electron chi connectivity index (χ4n) is 3.35. The summed E-state index contributed by atoms with van der Waals surface area (Å²) >= 11 is 1.54. The number of nitrogens with zero attached hydrogens (tertiary/aromatic N) is 3. The summed E-state index contributed by atoms with van der Waals surface area (Å²) in [6, 6.07) is 7.61. The molecule has 1 amide bonds. The maximum absolute atomic E-state index is 13.3. The molecule has 1 aromatic carbocycles. The summed E-state index contributed by atoms with van der Waals surface area (Å²) in [7, 11) is 0. The summed E-state index contributed by atoms with van der Waals surface area (Å²) in [6.45, 7) is 12.2. The number of aromatic nitrogens is 2. The molecule has 2 aromatic heterocycles. The number of para-hydroxylation sites is 1. The van der Waals surface area contributed by atoms with Crippen LogP contribution in [0.5, 0.6) is 0 Å². The van der Waals surface area contributed by atoms with Gasteiger partial charge in [0.1, 0.15) is 17.2 Å². The van der Waals surface area contributed by atoms with Crippen molar-refractivity contribution in [3.05, 3.63) is 56.4 Å². The lowest BCUT2D eigenvalue weighted by Gasteiger charge is -2.20. The van der Waals surface area contributed by atoms with E-state index in [4.69, 9.17) is 4.98 Å². The highest BCUT2D eigenvalue weighted by molar-refractivity contribution is 7.18. The monoisotopic (exact) mass is 412 g/mol. The number of anilines is 1. The van der Waals surface area contributed by atoms with Crippen molar-refractivity contribution >= 4 is 33.1 Å². The normalized spacial score (nSPS) is 11.4. The Morgan fingerprint density at radius 1 is 1.17 bits per heavy atom. The fourth-order valence-corrected chi connectivity index (χ4v) is 4.39. The predicted molar refractivity (Wildman–Crippen MR) is 120 cm³/mol. The van der Waals surface area contributed by atoms with Crippen LogP contribution in [-0.2, 0) is 17.9 Å². The van der Waals surface area contributed by atoms with Gasteiger partial charge in [-0.25, -0.2) is 4.98 Å². The van der Waals surface area contributed by atoms with Crippen LogP contribution in [0.25, 0.3) is 10.2 Å². The molecule has 6 nitrogen and oxygen atoms in total. The molecule has 0 spiro atoms. The van der Waals surface area contributed by atoms with Crippen LogP contribution in [0, 0.1) is 20.8 Å². The zero-order valence-electron chi connectivity index (χ0n) is 17.7. The predicted octanol–water partition coefficient (Wildman–Crippen LogP) is 3.86. The number of amides is 1. The molecule has 0 saturated carbocycles. The van der Waals surface area contributed by atoms with Gasteiger partial charge in [0.25, 0.3) is 5.56 Å². The minimum Gasteiger partial charge on any atom is -0.324 e. The third-order valence-corrected chi connectivity index (χ3v) is 6.45. The summed E-state index contributed by atoms with van der Waals surface area (Å²) in [5.74, 6) is 0.403. The van der Waals surface area contributed by atoms with Crippen LogP contribution in [0.1, 0.15) is 35.7 Å². The van der Waals surface area contributed by atoms with E-state index in [-0.39, 0.29) is 18.0 Å². The van der Waals surface area contributed by atoms with Crippen molar-refractivity contribution in [1.82, 2.24) is 14.5 Å². The number of aryl methyl sites for hydroxylation is 3. The van der Waals surface area contributed by atoms with Crippen molar-refractivity contribution in [1.29, 1.82) is 0 Å². The molecule has 0 aliphatic carbocycles. The molecule has 154 valence electrons. The summed E-state index contributed by atoms with van der Waals surface area (Å²) in [5, 5.41) is 3.55. The Morgan fingerprint density at radius 3 is 2.52 bits per heavy atom. The highest BCUT2D eigenvalue weighted by atomic mass is 32.1. The average molecular weight is 413 g/mol. The molecular formula is C22H28N4O2S. The molecule has 0 atom stereocenters. The molecule has 2 heterocycles. The number of benzene rings is 1. The summed E-state index contributed by atoms with van der Waals surface area (Å²) in [6.07, 6.45) is 0. The van der Waals surface area contributed by atoms with Gasteiger partial charge in [0.15, 0.2) is 0 Å². The number of nitrogens with one attached hydrogen (secondary N) is 1. The van der Waals surface area contributed by atoms with Gasteiger partial charge in [-0.2, -0.15) is 0 Å². The second kappa shape index (κ2) is 8.88.